The first-order valence-corrected chi connectivity index (χ1v) is 9.23. The molecule has 2 heterocycles. The second kappa shape index (κ2) is 8.26. The quantitative estimate of drug-likeness (QED) is 0.465. The van der Waals surface area contributed by atoms with Crippen LogP contribution in [0, 0.1) is 0 Å². The standard InChI is InChI=1S/C20H17BrN2O4/c1-2-27-17(25)9-8-16(24)19-20(26)14(21)11-15(23-19)13-7-3-5-12-6-4-10-22-18(12)13/h3-7,10-11,26H,2,8-9H2,1H3. The van der Waals surface area contributed by atoms with E-state index in [0.717, 1.165) is 16.5 Å². The third-order valence-corrected chi connectivity index (χ3v) is 4.59. The van der Waals surface area contributed by atoms with E-state index in [1.807, 2.05) is 30.3 Å². The molecule has 3 rings (SSSR count). The maximum absolute atomic E-state index is 12.5. The van der Waals surface area contributed by atoms with Crippen molar-refractivity contribution >= 4 is 38.6 Å². The highest BCUT2D eigenvalue weighted by atomic mass is 79.9. The predicted molar refractivity (Wildman–Crippen MR) is 105 cm³/mol. The minimum atomic E-state index is -0.459. The number of fused-ring (bicyclic) bond motifs is 1. The van der Waals surface area contributed by atoms with Gasteiger partial charge in [-0.1, -0.05) is 24.3 Å². The molecule has 1 N–H and O–H groups in total. The molecule has 0 saturated carbocycles. The molecule has 2 aromatic heterocycles. The van der Waals surface area contributed by atoms with Crippen molar-refractivity contribution in [1.29, 1.82) is 0 Å². The highest BCUT2D eigenvalue weighted by molar-refractivity contribution is 9.10. The average Bonchev–Trinajstić information content (AvgIpc) is 2.68. The van der Waals surface area contributed by atoms with Crippen molar-refractivity contribution < 1.29 is 19.4 Å². The molecule has 7 heteroatoms. The van der Waals surface area contributed by atoms with Gasteiger partial charge < -0.3 is 9.84 Å². The van der Waals surface area contributed by atoms with Crippen molar-refractivity contribution in [1.82, 2.24) is 9.97 Å². The van der Waals surface area contributed by atoms with Gasteiger partial charge in [-0.15, -0.1) is 0 Å². The number of hydrogen-bond acceptors (Lipinski definition) is 6. The summed E-state index contributed by atoms with van der Waals surface area (Å²) in [6, 6.07) is 11.1. The van der Waals surface area contributed by atoms with Gasteiger partial charge in [-0.25, -0.2) is 4.98 Å². The summed E-state index contributed by atoms with van der Waals surface area (Å²) >= 11 is 3.28. The molecule has 0 spiro atoms. The minimum Gasteiger partial charge on any atom is -0.504 e. The lowest BCUT2D eigenvalue weighted by molar-refractivity contribution is -0.143. The fraction of sp³-hybridized carbons (Fsp3) is 0.200. The Balaban J connectivity index is 1.99. The second-order valence-electron chi connectivity index (χ2n) is 5.80. The summed E-state index contributed by atoms with van der Waals surface area (Å²) in [4.78, 5) is 32.8. The molecule has 0 saturated heterocycles. The van der Waals surface area contributed by atoms with E-state index in [9.17, 15) is 14.7 Å². The Morgan fingerprint density at radius 1 is 1.19 bits per heavy atom. The first-order valence-electron chi connectivity index (χ1n) is 8.43. The molecule has 0 fully saturated rings. The van der Waals surface area contributed by atoms with Crippen molar-refractivity contribution in [3.8, 4) is 17.0 Å². The predicted octanol–water partition coefficient (Wildman–Crippen LogP) is 4.29. The van der Waals surface area contributed by atoms with Crippen molar-refractivity contribution in [3.05, 3.63) is 52.8 Å². The molecular formula is C20H17BrN2O4. The third-order valence-electron chi connectivity index (χ3n) is 3.98. The summed E-state index contributed by atoms with van der Waals surface area (Å²) in [7, 11) is 0. The van der Waals surface area contributed by atoms with Gasteiger partial charge >= 0.3 is 5.97 Å². The number of aromatic nitrogens is 2. The Morgan fingerprint density at radius 2 is 1.96 bits per heavy atom. The summed E-state index contributed by atoms with van der Waals surface area (Å²) < 4.78 is 5.18. The molecule has 3 aromatic rings. The highest BCUT2D eigenvalue weighted by Gasteiger charge is 2.20. The Morgan fingerprint density at radius 3 is 2.74 bits per heavy atom. The molecule has 138 valence electrons. The van der Waals surface area contributed by atoms with E-state index in [1.165, 1.54) is 0 Å². The number of para-hydroxylation sites is 1. The Kier molecular flexibility index (Phi) is 5.81. The van der Waals surface area contributed by atoms with Gasteiger partial charge in [-0.3, -0.25) is 14.6 Å². The Labute approximate surface area is 164 Å². The third kappa shape index (κ3) is 4.14. The van der Waals surface area contributed by atoms with Gasteiger partial charge in [-0.2, -0.15) is 0 Å². The van der Waals surface area contributed by atoms with E-state index >= 15 is 0 Å². The monoisotopic (exact) mass is 428 g/mol. The van der Waals surface area contributed by atoms with Gasteiger partial charge in [0.25, 0.3) is 0 Å². The number of benzene rings is 1. The lowest BCUT2D eigenvalue weighted by atomic mass is 10.0. The number of halogens is 1. The largest absolute Gasteiger partial charge is 0.504 e. The van der Waals surface area contributed by atoms with E-state index in [-0.39, 0.29) is 30.9 Å². The van der Waals surface area contributed by atoms with Crippen LogP contribution < -0.4 is 0 Å². The fourth-order valence-corrected chi connectivity index (χ4v) is 3.12. The molecule has 0 amide bonds. The molecular weight excluding hydrogens is 412 g/mol. The first-order chi connectivity index (χ1) is 13.0. The number of carbonyl (C=O) groups excluding carboxylic acids is 2. The fourth-order valence-electron chi connectivity index (χ4n) is 2.72. The molecule has 27 heavy (non-hydrogen) atoms. The van der Waals surface area contributed by atoms with Gasteiger partial charge in [-0.05, 0) is 35.0 Å². The molecule has 0 atom stereocenters. The second-order valence-corrected chi connectivity index (χ2v) is 6.65. The lowest BCUT2D eigenvalue weighted by Crippen LogP contribution is -2.10. The highest BCUT2D eigenvalue weighted by Crippen LogP contribution is 2.34. The molecule has 0 bridgehead atoms. The maximum Gasteiger partial charge on any atom is 0.306 e. The van der Waals surface area contributed by atoms with Crippen LogP contribution in [0.4, 0.5) is 0 Å². The zero-order chi connectivity index (χ0) is 19.4. The van der Waals surface area contributed by atoms with E-state index in [0.29, 0.717) is 10.2 Å². The summed E-state index contributed by atoms with van der Waals surface area (Å²) in [5.74, 6) is -1.14. The van der Waals surface area contributed by atoms with Crippen LogP contribution in [0.3, 0.4) is 0 Å². The van der Waals surface area contributed by atoms with Gasteiger partial charge in [0, 0.05) is 23.6 Å². The van der Waals surface area contributed by atoms with Crippen molar-refractivity contribution in [2.45, 2.75) is 19.8 Å². The van der Waals surface area contributed by atoms with Crippen molar-refractivity contribution in [2.24, 2.45) is 0 Å². The van der Waals surface area contributed by atoms with E-state index in [2.05, 4.69) is 25.9 Å². The van der Waals surface area contributed by atoms with Crippen LogP contribution in [0.2, 0.25) is 0 Å². The van der Waals surface area contributed by atoms with Crippen molar-refractivity contribution in [3.63, 3.8) is 0 Å². The maximum atomic E-state index is 12.5. The molecule has 0 aliphatic rings. The molecule has 0 radical (unpaired) electrons. The molecule has 1 aromatic carbocycles. The van der Waals surface area contributed by atoms with Crippen molar-refractivity contribution in [2.75, 3.05) is 6.61 Å². The van der Waals surface area contributed by atoms with Crippen LogP contribution in [0.1, 0.15) is 30.3 Å². The zero-order valence-electron chi connectivity index (χ0n) is 14.6. The molecule has 0 aliphatic heterocycles. The molecule has 0 unspecified atom stereocenters. The van der Waals surface area contributed by atoms with Gasteiger partial charge in [0.05, 0.1) is 28.7 Å². The number of hydrogen-bond donors (Lipinski definition) is 1. The normalized spacial score (nSPS) is 10.7. The van der Waals surface area contributed by atoms with Gasteiger partial charge in [0.1, 0.15) is 5.69 Å². The SMILES string of the molecule is CCOC(=O)CCC(=O)c1nc(-c2cccc3cccnc23)cc(Br)c1O. The topological polar surface area (TPSA) is 89.4 Å². The van der Waals surface area contributed by atoms with Crippen LogP contribution in [0.15, 0.2) is 47.1 Å². The summed E-state index contributed by atoms with van der Waals surface area (Å²) in [5.41, 5.74) is 1.91. The molecule has 6 nitrogen and oxygen atoms in total. The summed E-state index contributed by atoms with van der Waals surface area (Å²) in [6.45, 7) is 1.96. The number of ketones is 1. The first kappa shape index (κ1) is 19.0. The number of rotatable bonds is 6. The number of pyridine rings is 2. The minimum absolute atomic E-state index is 0.0640. The summed E-state index contributed by atoms with van der Waals surface area (Å²) in [6.07, 6.45) is 1.53. The number of nitrogens with zero attached hydrogens (tertiary/aromatic N) is 2. The van der Waals surface area contributed by atoms with Gasteiger partial charge in [0.2, 0.25) is 0 Å². The Hall–Kier alpha value is -2.80. The van der Waals surface area contributed by atoms with E-state index in [4.69, 9.17) is 4.74 Å². The Bertz CT molecular complexity index is 1010. The number of carbonyl (C=O) groups is 2. The van der Waals surface area contributed by atoms with Crippen LogP contribution in [-0.4, -0.2) is 33.4 Å². The van der Waals surface area contributed by atoms with E-state index < -0.39 is 11.8 Å². The number of Topliss-reactive ketones (excluding diaryl/α,β-unsaturated/α-hetero) is 1. The zero-order valence-corrected chi connectivity index (χ0v) is 16.2. The number of aromatic hydroxyl groups is 1. The smallest absolute Gasteiger partial charge is 0.306 e. The average molecular weight is 429 g/mol. The molecule has 0 aliphatic carbocycles. The van der Waals surface area contributed by atoms with Crippen LogP contribution >= 0.6 is 15.9 Å². The summed E-state index contributed by atoms with van der Waals surface area (Å²) in [5, 5.41) is 11.2. The van der Waals surface area contributed by atoms with E-state index in [1.54, 1.807) is 19.2 Å². The van der Waals surface area contributed by atoms with Crippen LogP contribution in [-0.2, 0) is 9.53 Å². The van der Waals surface area contributed by atoms with Crippen LogP contribution in [0.5, 0.6) is 5.75 Å². The van der Waals surface area contributed by atoms with Crippen LogP contribution in [0.25, 0.3) is 22.2 Å². The number of ether oxygens (including phenoxy) is 1. The number of esters is 1. The lowest BCUT2D eigenvalue weighted by Gasteiger charge is -2.10. The van der Waals surface area contributed by atoms with Gasteiger partial charge in [0.15, 0.2) is 11.5 Å².